The van der Waals surface area contributed by atoms with Crippen LogP contribution in [0.1, 0.15) is 0 Å². The molecule has 0 N–H and O–H groups in total. The molecule has 0 radical (unpaired) electrons. The van der Waals surface area contributed by atoms with Crippen LogP contribution in [0.4, 0.5) is 0 Å². The lowest BCUT2D eigenvalue weighted by molar-refractivity contribution is 0.582. The molecule has 0 atom stereocenters. The van der Waals surface area contributed by atoms with E-state index in [9.17, 15) is 0 Å². The molecule has 262 valence electrons. The van der Waals surface area contributed by atoms with Gasteiger partial charge in [0.2, 0.25) is 0 Å². The molecule has 56 heavy (non-hydrogen) atoms. The van der Waals surface area contributed by atoms with Crippen molar-refractivity contribution in [1.29, 1.82) is 0 Å². The summed E-state index contributed by atoms with van der Waals surface area (Å²) in [7, 11) is 0. The number of aromatic nitrogens is 2. The lowest BCUT2D eigenvalue weighted by Gasteiger charge is -2.15. The van der Waals surface area contributed by atoms with Crippen molar-refractivity contribution < 1.29 is 4.42 Å². The first kappa shape index (κ1) is 32.0. The van der Waals surface area contributed by atoms with Crippen LogP contribution < -0.4 is 0 Å². The van der Waals surface area contributed by atoms with Gasteiger partial charge in [0.05, 0.1) is 17.5 Å². The molecule has 0 unspecified atom stereocenters. The Bertz CT molecular complexity index is 3210. The minimum absolute atomic E-state index is 0.826. The van der Waals surface area contributed by atoms with Crippen LogP contribution in [-0.4, -0.2) is 9.61 Å². The van der Waals surface area contributed by atoms with Crippen molar-refractivity contribution in [2.45, 2.75) is 0 Å². The molecular formula is C53H34N2O. The molecule has 8 aromatic carbocycles. The van der Waals surface area contributed by atoms with Crippen LogP contribution in [0.15, 0.2) is 211 Å². The van der Waals surface area contributed by atoms with Crippen LogP contribution >= 0.6 is 0 Å². The fourth-order valence-electron chi connectivity index (χ4n) is 8.56. The van der Waals surface area contributed by atoms with Gasteiger partial charge in [-0.3, -0.25) is 0 Å². The van der Waals surface area contributed by atoms with Gasteiger partial charge in [-0.25, -0.2) is 4.52 Å². The average molecular weight is 715 g/mol. The minimum atomic E-state index is 0.826. The molecule has 0 spiro atoms. The van der Waals surface area contributed by atoms with Crippen LogP contribution in [0.25, 0.3) is 105 Å². The van der Waals surface area contributed by atoms with E-state index in [0.717, 1.165) is 77.8 Å². The summed E-state index contributed by atoms with van der Waals surface area (Å²) in [6.07, 6.45) is 1.75. The molecule has 11 aromatic rings. The molecule has 0 saturated heterocycles. The Labute approximate surface area is 324 Å². The Morgan fingerprint density at radius 1 is 0.375 bits per heavy atom. The predicted molar refractivity (Wildman–Crippen MR) is 233 cm³/mol. The highest BCUT2D eigenvalue weighted by Gasteiger charge is 2.25. The second-order valence-corrected chi connectivity index (χ2v) is 14.3. The van der Waals surface area contributed by atoms with Gasteiger partial charge in [-0.05, 0) is 85.1 Å². The highest BCUT2D eigenvalue weighted by molar-refractivity contribution is 6.15. The van der Waals surface area contributed by atoms with Crippen LogP contribution in [0.3, 0.4) is 0 Å². The molecular weight excluding hydrogens is 681 g/mol. The maximum atomic E-state index is 6.13. The van der Waals surface area contributed by atoms with Crippen LogP contribution in [0, 0.1) is 0 Å². The van der Waals surface area contributed by atoms with Crippen LogP contribution in [0.2, 0.25) is 0 Å². The Hall–Kier alpha value is -7.49. The van der Waals surface area contributed by atoms with E-state index in [-0.39, 0.29) is 0 Å². The average Bonchev–Trinajstić information content (AvgIpc) is 3.96. The number of rotatable bonds is 6. The van der Waals surface area contributed by atoms with Gasteiger partial charge in [-0.2, -0.15) is 5.10 Å². The number of nitrogens with zero attached hydrogens (tertiary/aromatic N) is 2. The van der Waals surface area contributed by atoms with E-state index in [2.05, 4.69) is 193 Å². The van der Waals surface area contributed by atoms with Crippen molar-refractivity contribution in [3.05, 3.63) is 206 Å². The van der Waals surface area contributed by atoms with Gasteiger partial charge in [-0.1, -0.05) is 170 Å². The van der Waals surface area contributed by atoms with E-state index in [1.165, 1.54) is 27.3 Å². The smallest absolute Gasteiger partial charge is 0.134 e. The number of hydrogen-bond donors (Lipinski definition) is 0. The quantitative estimate of drug-likeness (QED) is 0.172. The van der Waals surface area contributed by atoms with Gasteiger partial charge < -0.3 is 4.42 Å². The highest BCUT2D eigenvalue weighted by Crippen LogP contribution is 2.46. The molecule has 0 aliphatic heterocycles. The van der Waals surface area contributed by atoms with Crippen molar-refractivity contribution in [1.82, 2.24) is 9.61 Å². The third-order valence-electron chi connectivity index (χ3n) is 11.1. The highest BCUT2D eigenvalue weighted by atomic mass is 16.3. The third kappa shape index (κ3) is 5.17. The number of hydrogen-bond acceptors (Lipinski definition) is 2. The van der Waals surface area contributed by atoms with Gasteiger partial charge in [0.25, 0.3) is 0 Å². The summed E-state index contributed by atoms with van der Waals surface area (Å²) in [5.74, 6) is 0.826. The fraction of sp³-hybridized carbons (Fsp3) is 0. The Balaban J connectivity index is 1.27. The lowest BCUT2D eigenvalue weighted by Crippen LogP contribution is -1.97. The zero-order valence-electron chi connectivity index (χ0n) is 30.4. The molecule has 11 rings (SSSR count). The number of pyridine rings is 1. The standard InChI is InChI=1S/C53H34N2O/c1-4-16-36(17-5-1)46-32-39-33-49(37-19-6-2-7-20-37)55-53(47(39)34-48(46)50-28-15-31-56-50)51(38-21-8-3-9-22-38)52(54-55)45-30-29-44(42-25-12-13-26-43(42)45)41-27-14-23-35-18-10-11-24-40(35)41/h1-34H. The van der Waals surface area contributed by atoms with E-state index in [0.29, 0.717) is 0 Å². The summed E-state index contributed by atoms with van der Waals surface area (Å²) < 4.78 is 8.30. The molecule has 0 aliphatic rings. The predicted octanol–water partition coefficient (Wildman–Crippen LogP) is 14.4. The van der Waals surface area contributed by atoms with Crippen molar-refractivity contribution in [2.75, 3.05) is 0 Å². The second kappa shape index (κ2) is 13.1. The molecule has 0 aliphatic carbocycles. The first-order chi connectivity index (χ1) is 27.8. The maximum absolute atomic E-state index is 6.13. The summed E-state index contributed by atoms with van der Waals surface area (Å²) >= 11 is 0. The van der Waals surface area contributed by atoms with Gasteiger partial charge in [0, 0.05) is 27.6 Å². The monoisotopic (exact) mass is 714 g/mol. The Kier molecular flexibility index (Phi) is 7.49. The molecule has 3 heteroatoms. The van der Waals surface area contributed by atoms with Crippen molar-refractivity contribution in [2.24, 2.45) is 0 Å². The first-order valence-electron chi connectivity index (χ1n) is 19.0. The van der Waals surface area contributed by atoms with E-state index >= 15 is 0 Å². The summed E-state index contributed by atoms with van der Waals surface area (Å²) in [5.41, 5.74) is 13.1. The normalized spacial score (nSPS) is 11.6. The van der Waals surface area contributed by atoms with Gasteiger partial charge >= 0.3 is 0 Å². The first-order valence-corrected chi connectivity index (χ1v) is 19.0. The summed E-state index contributed by atoms with van der Waals surface area (Å²) in [5, 5.41) is 12.7. The van der Waals surface area contributed by atoms with Crippen molar-refractivity contribution in [3.8, 4) is 67.2 Å². The van der Waals surface area contributed by atoms with E-state index in [4.69, 9.17) is 9.52 Å². The molecule has 0 fully saturated rings. The van der Waals surface area contributed by atoms with Gasteiger partial charge in [0.1, 0.15) is 11.5 Å². The largest absolute Gasteiger partial charge is 0.464 e. The van der Waals surface area contributed by atoms with Crippen molar-refractivity contribution in [3.63, 3.8) is 0 Å². The van der Waals surface area contributed by atoms with Crippen molar-refractivity contribution >= 4 is 37.8 Å². The Morgan fingerprint density at radius 3 is 1.71 bits per heavy atom. The molecule has 3 aromatic heterocycles. The van der Waals surface area contributed by atoms with Crippen LogP contribution in [-0.2, 0) is 0 Å². The zero-order valence-corrected chi connectivity index (χ0v) is 30.4. The summed E-state index contributed by atoms with van der Waals surface area (Å²) in [6, 6.07) is 71.4. The molecule has 3 heterocycles. The molecule has 3 nitrogen and oxygen atoms in total. The fourth-order valence-corrected chi connectivity index (χ4v) is 8.56. The minimum Gasteiger partial charge on any atom is -0.464 e. The van der Waals surface area contributed by atoms with E-state index in [1.54, 1.807) is 6.26 Å². The third-order valence-corrected chi connectivity index (χ3v) is 11.1. The van der Waals surface area contributed by atoms with Gasteiger partial charge in [-0.15, -0.1) is 0 Å². The maximum Gasteiger partial charge on any atom is 0.134 e. The number of fused-ring (bicyclic) bond motifs is 5. The van der Waals surface area contributed by atoms with E-state index in [1.807, 2.05) is 12.1 Å². The summed E-state index contributed by atoms with van der Waals surface area (Å²) in [6.45, 7) is 0. The Morgan fingerprint density at radius 2 is 0.982 bits per heavy atom. The zero-order chi connectivity index (χ0) is 37.0. The molecule has 0 saturated carbocycles. The van der Waals surface area contributed by atoms with E-state index < -0.39 is 0 Å². The van der Waals surface area contributed by atoms with Gasteiger partial charge in [0.15, 0.2) is 0 Å². The summed E-state index contributed by atoms with van der Waals surface area (Å²) in [4.78, 5) is 0. The topological polar surface area (TPSA) is 30.4 Å². The second-order valence-electron chi connectivity index (χ2n) is 14.3. The number of benzene rings is 8. The SMILES string of the molecule is c1ccc(-c2cc3cc(-c4ccccc4)n4nc(-c5ccc(-c6cccc7ccccc67)c6ccccc56)c(-c5ccccc5)c4c3cc2-c2ccco2)cc1. The molecule has 0 amide bonds. The number of furan rings is 1. The van der Waals surface area contributed by atoms with Crippen LogP contribution in [0.5, 0.6) is 0 Å². The lowest BCUT2D eigenvalue weighted by atomic mass is 9.89. The molecule has 0 bridgehead atoms.